The van der Waals surface area contributed by atoms with E-state index in [1.807, 2.05) is 11.8 Å². The Kier molecular flexibility index (Phi) is 4.28. The SMILES string of the molecule is O=[N+]([O-])c1ccc(Br)c(NCC2CCSC2)c1. The van der Waals surface area contributed by atoms with Gasteiger partial charge in [-0.3, -0.25) is 10.1 Å². The molecule has 1 heterocycles. The third-order valence-corrected chi connectivity index (χ3v) is 4.69. The Hall–Kier alpha value is -0.750. The second-order valence-electron chi connectivity index (χ2n) is 4.03. The van der Waals surface area contributed by atoms with Crippen molar-refractivity contribution in [1.82, 2.24) is 0 Å². The minimum absolute atomic E-state index is 0.122. The first-order valence-corrected chi connectivity index (χ1v) is 7.37. The zero-order chi connectivity index (χ0) is 12.3. The summed E-state index contributed by atoms with van der Waals surface area (Å²) in [5.41, 5.74) is 0.924. The first-order chi connectivity index (χ1) is 8.16. The number of anilines is 1. The highest BCUT2D eigenvalue weighted by atomic mass is 79.9. The van der Waals surface area contributed by atoms with Crippen molar-refractivity contribution in [3.63, 3.8) is 0 Å². The van der Waals surface area contributed by atoms with E-state index in [-0.39, 0.29) is 10.6 Å². The number of rotatable bonds is 4. The Morgan fingerprint density at radius 2 is 2.41 bits per heavy atom. The number of benzene rings is 1. The molecule has 1 unspecified atom stereocenters. The van der Waals surface area contributed by atoms with Gasteiger partial charge in [0.05, 0.1) is 10.6 Å². The van der Waals surface area contributed by atoms with E-state index in [1.165, 1.54) is 24.0 Å². The quantitative estimate of drug-likeness (QED) is 0.682. The Morgan fingerprint density at radius 1 is 1.59 bits per heavy atom. The second kappa shape index (κ2) is 5.73. The molecular weight excluding hydrogens is 304 g/mol. The van der Waals surface area contributed by atoms with Crippen molar-refractivity contribution >= 4 is 39.1 Å². The number of nitro benzene ring substituents is 1. The molecule has 0 amide bonds. The molecule has 2 rings (SSSR count). The average Bonchev–Trinajstić information content (AvgIpc) is 2.80. The maximum Gasteiger partial charge on any atom is 0.271 e. The van der Waals surface area contributed by atoms with Crippen LogP contribution in [0, 0.1) is 16.0 Å². The standard InChI is InChI=1S/C11H13BrN2O2S/c12-10-2-1-9(14(15)16)5-11(10)13-6-8-3-4-17-7-8/h1-2,5,8,13H,3-4,6-7H2. The van der Waals surface area contributed by atoms with Gasteiger partial charge in [-0.15, -0.1) is 0 Å². The van der Waals surface area contributed by atoms with Crippen LogP contribution in [0.2, 0.25) is 0 Å². The predicted molar refractivity (Wildman–Crippen MR) is 74.7 cm³/mol. The summed E-state index contributed by atoms with van der Waals surface area (Å²) >= 11 is 5.37. The summed E-state index contributed by atoms with van der Waals surface area (Å²) in [4.78, 5) is 10.3. The summed E-state index contributed by atoms with van der Waals surface area (Å²) in [6.07, 6.45) is 1.23. The molecule has 1 saturated heterocycles. The molecule has 1 atom stereocenters. The Labute approximate surface area is 112 Å². The summed E-state index contributed by atoms with van der Waals surface area (Å²) in [5, 5.41) is 14.0. The van der Waals surface area contributed by atoms with E-state index < -0.39 is 0 Å². The van der Waals surface area contributed by atoms with Crippen molar-refractivity contribution in [3.8, 4) is 0 Å². The lowest BCUT2D eigenvalue weighted by Gasteiger charge is -2.12. The number of hydrogen-bond donors (Lipinski definition) is 1. The van der Waals surface area contributed by atoms with Gasteiger partial charge in [0.1, 0.15) is 0 Å². The summed E-state index contributed by atoms with van der Waals surface area (Å²) in [6, 6.07) is 4.79. The number of nitro groups is 1. The normalized spacial score (nSPS) is 19.2. The van der Waals surface area contributed by atoms with E-state index in [0.717, 1.165) is 16.7 Å². The number of nitrogens with one attached hydrogen (secondary N) is 1. The average molecular weight is 317 g/mol. The van der Waals surface area contributed by atoms with E-state index in [0.29, 0.717) is 5.92 Å². The molecule has 0 saturated carbocycles. The molecule has 4 nitrogen and oxygen atoms in total. The summed E-state index contributed by atoms with van der Waals surface area (Å²) in [6.45, 7) is 0.882. The maximum absolute atomic E-state index is 10.7. The van der Waals surface area contributed by atoms with Crippen LogP contribution >= 0.6 is 27.7 Å². The van der Waals surface area contributed by atoms with Crippen LogP contribution in [0.5, 0.6) is 0 Å². The Balaban J connectivity index is 2.03. The molecule has 6 heteroatoms. The second-order valence-corrected chi connectivity index (χ2v) is 6.04. The molecular formula is C11H13BrN2O2S. The molecule has 1 aromatic carbocycles. The minimum atomic E-state index is -0.372. The van der Waals surface area contributed by atoms with Crippen molar-refractivity contribution in [2.75, 3.05) is 23.4 Å². The first kappa shape index (κ1) is 12.7. The van der Waals surface area contributed by atoms with Gasteiger partial charge < -0.3 is 5.32 Å². The molecule has 1 fully saturated rings. The van der Waals surface area contributed by atoms with Gasteiger partial charge in [-0.25, -0.2) is 0 Å². The molecule has 0 bridgehead atoms. The van der Waals surface area contributed by atoms with Crippen molar-refractivity contribution in [3.05, 3.63) is 32.8 Å². The smallest absolute Gasteiger partial charge is 0.271 e. The topological polar surface area (TPSA) is 55.2 Å². The summed E-state index contributed by atoms with van der Waals surface area (Å²) < 4.78 is 0.869. The number of halogens is 1. The predicted octanol–water partition coefficient (Wildman–Crippen LogP) is 3.52. The van der Waals surface area contributed by atoms with Gasteiger partial charge in [-0.05, 0) is 45.8 Å². The molecule has 1 aliphatic heterocycles. The van der Waals surface area contributed by atoms with Gasteiger partial charge in [0.15, 0.2) is 0 Å². The zero-order valence-corrected chi connectivity index (χ0v) is 11.6. The lowest BCUT2D eigenvalue weighted by molar-refractivity contribution is -0.384. The molecule has 1 N–H and O–H groups in total. The van der Waals surface area contributed by atoms with Crippen LogP contribution in [0.3, 0.4) is 0 Å². The fourth-order valence-electron chi connectivity index (χ4n) is 1.76. The van der Waals surface area contributed by atoms with Gasteiger partial charge in [-0.2, -0.15) is 11.8 Å². The van der Waals surface area contributed by atoms with Crippen molar-refractivity contribution < 1.29 is 4.92 Å². The van der Waals surface area contributed by atoms with Crippen LogP contribution in [0.4, 0.5) is 11.4 Å². The summed E-state index contributed by atoms with van der Waals surface area (Å²) in [5.74, 6) is 3.08. The van der Waals surface area contributed by atoms with Gasteiger partial charge in [0.2, 0.25) is 0 Å². The van der Waals surface area contributed by atoms with E-state index in [4.69, 9.17) is 0 Å². The zero-order valence-electron chi connectivity index (χ0n) is 9.19. The van der Waals surface area contributed by atoms with Crippen LogP contribution < -0.4 is 5.32 Å². The van der Waals surface area contributed by atoms with Crippen LogP contribution in [0.1, 0.15) is 6.42 Å². The number of non-ortho nitro benzene ring substituents is 1. The van der Waals surface area contributed by atoms with Crippen LogP contribution in [0.15, 0.2) is 22.7 Å². The molecule has 0 spiro atoms. The van der Waals surface area contributed by atoms with Gasteiger partial charge in [-0.1, -0.05) is 0 Å². The highest BCUT2D eigenvalue weighted by molar-refractivity contribution is 9.10. The van der Waals surface area contributed by atoms with Crippen LogP contribution in [-0.2, 0) is 0 Å². The van der Waals surface area contributed by atoms with E-state index >= 15 is 0 Å². The van der Waals surface area contributed by atoms with Gasteiger partial charge in [0.25, 0.3) is 5.69 Å². The van der Waals surface area contributed by atoms with Crippen LogP contribution in [0.25, 0.3) is 0 Å². The molecule has 0 radical (unpaired) electrons. The maximum atomic E-state index is 10.7. The third-order valence-electron chi connectivity index (χ3n) is 2.77. The van der Waals surface area contributed by atoms with E-state index in [1.54, 1.807) is 12.1 Å². The monoisotopic (exact) mass is 316 g/mol. The summed E-state index contributed by atoms with van der Waals surface area (Å²) in [7, 11) is 0. The van der Waals surface area contributed by atoms with E-state index in [9.17, 15) is 10.1 Å². The molecule has 1 aromatic rings. The third kappa shape index (κ3) is 3.35. The Bertz CT molecular complexity index is 422. The van der Waals surface area contributed by atoms with Crippen molar-refractivity contribution in [2.24, 2.45) is 5.92 Å². The lowest BCUT2D eigenvalue weighted by atomic mass is 10.1. The number of nitrogens with zero attached hydrogens (tertiary/aromatic N) is 1. The molecule has 0 aromatic heterocycles. The van der Waals surface area contributed by atoms with Crippen molar-refractivity contribution in [2.45, 2.75) is 6.42 Å². The molecule has 92 valence electrons. The number of hydrogen-bond acceptors (Lipinski definition) is 4. The van der Waals surface area contributed by atoms with Gasteiger partial charge >= 0.3 is 0 Å². The lowest BCUT2D eigenvalue weighted by Crippen LogP contribution is -2.13. The molecule has 1 aliphatic rings. The van der Waals surface area contributed by atoms with E-state index in [2.05, 4.69) is 21.2 Å². The van der Waals surface area contributed by atoms with Gasteiger partial charge in [0, 0.05) is 23.2 Å². The largest absolute Gasteiger partial charge is 0.384 e. The highest BCUT2D eigenvalue weighted by Crippen LogP contribution is 2.29. The Morgan fingerprint density at radius 3 is 3.06 bits per heavy atom. The molecule has 17 heavy (non-hydrogen) atoms. The highest BCUT2D eigenvalue weighted by Gasteiger charge is 2.16. The fraction of sp³-hybridized carbons (Fsp3) is 0.455. The minimum Gasteiger partial charge on any atom is -0.384 e. The molecule has 0 aliphatic carbocycles. The first-order valence-electron chi connectivity index (χ1n) is 5.42. The van der Waals surface area contributed by atoms with Crippen LogP contribution in [-0.4, -0.2) is 23.0 Å². The fourth-order valence-corrected chi connectivity index (χ4v) is 3.43. The number of thioether (sulfide) groups is 1. The van der Waals surface area contributed by atoms with Crippen molar-refractivity contribution in [1.29, 1.82) is 0 Å².